The summed E-state index contributed by atoms with van der Waals surface area (Å²) in [5, 5.41) is 11.5. The molecule has 0 aliphatic carbocycles. The maximum absolute atomic E-state index is 13.2. The number of nitrogens with zero attached hydrogens (tertiary/aromatic N) is 4. The molecule has 3 heterocycles. The molecule has 10 heteroatoms. The van der Waals surface area contributed by atoms with Crippen LogP contribution in [0.5, 0.6) is 0 Å². The molecule has 5 rings (SSSR count). The minimum atomic E-state index is -0.449. The predicted molar refractivity (Wildman–Crippen MR) is 147 cm³/mol. The maximum Gasteiger partial charge on any atom is 0.294 e. The summed E-state index contributed by atoms with van der Waals surface area (Å²) in [7, 11) is 0. The van der Waals surface area contributed by atoms with Crippen molar-refractivity contribution in [2.45, 2.75) is 39.2 Å². The number of imide groups is 1. The molecule has 0 unspecified atom stereocenters. The van der Waals surface area contributed by atoms with Gasteiger partial charge >= 0.3 is 0 Å². The third-order valence-electron chi connectivity index (χ3n) is 7.17. The summed E-state index contributed by atoms with van der Waals surface area (Å²) in [6.07, 6.45) is 5.80. The zero-order valence-corrected chi connectivity index (χ0v) is 21.9. The Bertz CT molecular complexity index is 1450. The quantitative estimate of drug-likeness (QED) is 0.241. The van der Waals surface area contributed by atoms with Crippen molar-refractivity contribution >= 4 is 51.5 Å². The first-order chi connectivity index (χ1) is 18.3. The van der Waals surface area contributed by atoms with Crippen LogP contribution in [0.1, 0.15) is 42.5 Å². The fourth-order valence-corrected chi connectivity index (χ4v) is 5.89. The minimum absolute atomic E-state index is 0.0357. The van der Waals surface area contributed by atoms with Gasteiger partial charge in [-0.1, -0.05) is 43.2 Å². The van der Waals surface area contributed by atoms with Crippen LogP contribution in [-0.2, 0) is 16.1 Å². The number of amides is 3. The Hall–Kier alpha value is -3.92. The van der Waals surface area contributed by atoms with Crippen molar-refractivity contribution in [3.63, 3.8) is 0 Å². The summed E-state index contributed by atoms with van der Waals surface area (Å²) in [6, 6.07) is 14.2. The first-order valence-electron chi connectivity index (χ1n) is 12.7. The number of non-ortho nitro benzene ring substituents is 1. The van der Waals surface area contributed by atoms with Crippen molar-refractivity contribution in [2.24, 2.45) is 0 Å². The molecular formula is C28H28N4O5S. The number of likely N-dealkylation sites (tertiary alicyclic amines) is 1. The molecule has 2 aliphatic heterocycles. The fraction of sp³-hybridized carbons (Fsp3) is 0.321. The molecular weight excluding hydrogens is 504 g/mol. The van der Waals surface area contributed by atoms with Crippen LogP contribution < -0.4 is 0 Å². The van der Waals surface area contributed by atoms with Gasteiger partial charge in [-0.05, 0) is 49.2 Å². The number of nitro benzene ring substituents is 1. The number of benzene rings is 2. The Kier molecular flexibility index (Phi) is 7.33. The Morgan fingerprint density at radius 3 is 2.39 bits per heavy atom. The highest BCUT2D eigenvalue weighted by molar-refractivity contribution is 8.18. The number of carbonyl (C=O) groups is 3. The highest BCUT2D eigenvalue weighted by atomic mass is 32.2. The summed E-state index contributed by atoms with van der Waals surface area (Å²) in [5.74, 6) is -0.638. The lowest BCUT2D eigenvalue weighted by molar-refractivity contribution is -0.384. The minimum Gasteiger partial charge on any atom is -0.341 e. The van der Waals surface area contributed by atoms with Crippen molar-refractivity contribution in [1.29, 1.82) is 0 Å². The zero-order valence-electron chi connectivity index (χ0n) is 21.1. The monoisotopic (exact) mass is 532 g/mol. The lowest BCUT2D eigenvalue weighted by Gasteiger charge is -2.22. The average Bonchev–Trinajstić information content (AvgIpc) is 3.17. The van der Waals surface area contributed by atoms with Crippen LogP contribution in [0.2, 0.25) is 0 Å². The van der Waals surface area contributed by atoms with Gasteiger partial charge in [0.15, 0.2) is 0 Å². The van der Waals surface area contributed by atoms with Crippen molar-refractivity contribution in [3.05, 3.63) is 80.4 Å². The van der Waals surface area contributed by atoms with Gasteiger partial charge in [0.1, 0.15) is 6.54 Å². The van der Waals surface area contributed by atoms with E-state index in [9.17, 15) is 24.5 Å². The number of nitro groups is 1. The van der Waals surface area contributed by atoms with Crippen LogP contribution in [0.25, 0.3) is 17.0 Å². The van der Waals surface area contributed by atoms with Crippen molar-refractivity contribution in [1.82, 2.24) is 14.4 Å². The summed E-state index contributed by atoms with van der Waals surface area (Å²) >= 11 is 0.859. The standard InChI is InChI=1S/C28H28N4O5S/c1-19-23(16-25-27(34)31(28(35)38-25)18-26(33)29-14-6-2-3-7-15-29)22-8-4-5-9-24(22)30(19)17-20-10-12-21(13-11-20)32(36)37/h4-5,8-13,16H,2-3,6-7,14-15,17-18H2,1H3. The first kappa shape index (κ1) is 25.7. The highest BCUT2D eigenvalue weighted by Crippen LogP contribution is 2.36. The molecule has 0 spiro atoms. The lowest BCUT2D eigenvalue weighted by atomic mass is 10.1. The molecule has 3 aromatic rings. The SMILES string of the molecule is Cc1c(C=C2SC(=O)N(CC(=O)N3CCCCCC3)C2=O)c2ccccc2n1Cc1ccc([N+](=O)[O-])cc1. The van der Waals surface area contributed by atoms with Crippen LogP contribution in [0.15, 0.2) is 53.4 Å². The number of hydrogen-bond acceptors (Lipinski definition) is 6. The molecule has 0 radical (unpaired) electrons. The van der Waals surface area contributed by atoms with Gasteiger partial charge < -0.3 is 9.47 Å². The summed E-state index contributed by atoms with van der Waals surface area (Å²) < 4.78 is 2.09. The predicted octanol–water partition coefficient (Wildman–Crippen LogP) is 5.35. The van der Waals surface area contributed by atoms with E-state index in [1.165, 1.54) is 12.1 Å². The lowest BCUT2D eigenvalue weighted by Crippen LogP contribution is -2.42. The number of fused-ring (bicyclic) bond motifs is 1. The van der Waals surface area contributed by atoms with Crippen LogP contribution >= 0.6 is 11.8 Å². The molecule has 0 saturated carbocycles. The van der Waals surface area contributed by atoms with E-state index in [4.69, 9.17) is 0 Å². The normalized spacial score (nSPS) is 17.4. The van der Waals surface area contributed by atoms with E-state index < -0.39 is 16.1 Å². The van der Waals surface area contributed by atoms with E-state index in [2.05, 4.69) is 4.57 Å². The average molecular weight is 533 g/mol. The second-order valence-corrected chi connectivity index (χ2v) is 10.6. The third-order valence-corrected chi connectivity index (χ3v) is 8.08. The van der Waals surface area contributed by atoms with E-state index in [0.717, 1.165) is 70.1 Å². The van der Waals surface area contributed by atoms with E-state index >= 15 is 0 Å². The number of rotatable bonds is 6. The second-order valence-electron chi connectivity index (χ2n) is 9.59. The van der Waals surface area contributed by atoms with E-state index in [-0.39, 0.29) is 18.1 Å². The largest absolute Gasteiger partial charge is 0.341 e. The van der Waals surface area contributed by atoms with Gasteiger partial charge in [-0.2, -0.15) is 0 Å². The van der Waals surface area contributed by atoms with E-state index in [1.807, 2.05) is 31.2 Å². The fourth-order valence-electron chi connectivity index (χ4n) is 5.07. The number of para-hydroxylation sites is 1. The molecule has 2 saturated heterocycles. The topological polar surface area (TPSA) is 106 Å². The Morgan fingerprint density at radius 2 is 1.71 bits per heavy atom. The van der Waals surface area contributed by atoms with Crippen LogP contribution in [0.4, 0.5) is 10.5 Å². The smallest absolute Gasteiger partial charge is 0.294 e. The number of thioether (sulfide) groups is 1. The third kappa shape index (κ3) is 5.08. The maximum atomic E-state index is 13.2. The van der Waals surface area contributed by atoms with Crippen LogP contribution in [-0.4, -0.2) is 56.0 Å². The Labute approximate surface area is 224 Å². The molecule has 9 nitrogen and oxygen atoms in total. The first-order valence-corrected chi connectivity index (χ1v) is 13.5. The van der Waals surface area contributed by atoms with Gasteiger partial charge in [-0.25, -0.2) is 0 Å². The van der Waals surface area contributed by atoms with Crippen molar-refractivity contribution in [2.75, 3.05) is 19.6 Å². The molecule has 0 N–H and O–H groups in total. The number of aromatic nitrogens is 1. The molecule has 0 bridgehead atoms. The highest BCUT2D eigenvalue weighted by Gasteiger charge is 2.37. The van der Waals surface area contributed by atoms with Gasteiger partial charge in [0.2, 0.25) is 5.91 Å². The second kappa shape index (κ2) is 10.8. The summed E-state index contributed by atoms with van der Waals surface area (Å²) in [5.41, 5.74) is 3.61. The van der Waals surface area contributed by atoms with Crippen molar-refractivity contribution in [3.8, 4) is 0 Å². The van der Waals surface area contributed by atoms with Gasteiger partial charge in [0.05, 0.1) is 9.83 Å². The van der Waals surface area contributed by atoms with Crippen molar-refractivity contribution < 1.29 is 19.3 Å². The van der Waals surface area contributed by atoms with E-state index in [0.29, 0.717) is 24.5 Å². The molecule has 38 heavy (non-hydrogen) atoms. The van der Waals surface area contributed by atoms with Crippen LogP contribution in [0.3, 0.4) is 0 Å². The summed E-state index contributed by atoms with van der Waals surface area (Å²) in [4.78, 5) is 52.5. The van der Waals surface area contributed by atoms with Gasteiger partial charge in [0.25, 0.3) is 16.8 Å². The molecule has 3 amide bonds. The Morgan fingerprint density at radius 1 is 1.03 bits per heavy atom. The van der Waals surface area contributed by atoms with E-state index in [1.54, 1.807) is 23.1 Å². The van der Waals surface area contributed by atoms with Gasteiger partial charge in [0, 0.05) is 53.9 Å². The van der Waals surface area contributed by atoms with Gasteiger partial charge in [-0.15, -0.1) is 0 Å². The van der Waals surface area contributed by atoms with Gasteiger partial charge in [-0.3, -0.25) is 29.4 Å². The Balaban J connectivity index is 1.41. The molecule has 0 atom stereocenters. The number of hydrogen-bond donors (Lipinski definition) is 0. The molecule has 2 fully saturated rings. The number of carbonyl (C=O) groups excluding carboxylic acids is 3. The molecule has 2 aliphatic rings. The molecule has 2 aromatic carbocycles. The summed E-state index contributed by atoms with van der Waals surface area (Å²) in [6.45, 7) is 3.54. The molecule has 196 valence electrons. The van der Waals surface area contributed by atoms with Crippen LogP contribution in [0, 0.1) is 17.0 Å². The zero-order chi connectivity index (χ0) is 26.8. The molecule has 1 aromatic heterocycles.